The molecule has 0 amide bonds. The Kier molecular flexibility index (Phi) is 4.57. The van der Waals surface area contributed by atoms with Crippen molar-refractivity contribution in [1.82, 2.24) is 4.90 Å². The molecule has 12 heavy (non-hydrogen) atoms. The average molecular weight is 192 g/mol. The summed E-state index contributed by atoms with van der Waals surface area (Å²) in [4.78, 5) is 2.59. The molecule has 1 heterocycles. The largest absolute Gasteiger partial charge is 0.298 e. The van der Waals surface area contributed by atoms with E-state index < -0.39 is 0 Å². The van der Waals surface area contributed by atoms with E-state index in [1.54, 1.807) is 0 Å². The van der Waals surface area contributed by atoms with E-state index in [1.807, 2.05) is 0 Å². The zero-order chi connectivity index (χ0) is 8.48. The van der Waals surface area contributed by atoms with Crippen molar-refractivity contribution in [2.24, 2.45) is 5.92 Å². The highest BCUT2D eigenvalue weighted by molar-refractivity contribution is 5.85. The zero-order valence-electron chi connectivity index (χ0n) is 8.76. The molecular formula is C10H22ClN. The maximum atomic E-state index is 2.59. The summed E-state index contributed by atoms with van der Waals surface area (Å²) in [7, 11) is 0. The van der Waals surface area contributed by atoms with Crippen LogP contribution in [-0.4, -0.2) is 23.5 Å². The van der Waals surface area contributed by atoms with Crippen LogP contribution in [0.5, 0.6) is 0 Å². The minimum absolute atomic E-state index is 0. The summed E-state index contributed by atoms with van der Waals surface area (Å²) >= 11 is 0. The lowest BCUT2D eigenvalue weighted by Crippen LogP contribution is -2.45. The summed E-state index contributed by atoms with van der Waals surface area (Å²) < 4.78 is 0. The zero-order valence-corrected chi connectivity index (χ0v) is 9.58. The van der Waals surface area contributed by atoms with Crippen molar-refractivity contribution in [1.29, 1.82) is 0 Å². The van der Waals surface area contributed by atoms with Crippen LogP contribution in [-0.2, 0) is 0 Å². The van der Waals surface area contributed by atoms with Gasteiger partial charge in [-0.3, -0.25) is 4.90 Å². The highest BCUT2D eigenvalue weighted by atomic mass is 35.5. The van der Waals surface area contributed by atoms with Gasteiger partial charge in [0.25, 0.3) is 0 Å². The Morgan fingerprint density at radius 1 is 1.08 bits per heavy atom. The molecule has 0 spiro atoms. The van der Waals surface area contributed by atoms with Gasteiger partial charge in [0.15, 0.2) is 0 Å². The highest BCUT2D eigenvalue weighted by Gasteiger charge is 2.24. The first-order chi connectivity index (χ1) is 5.00. The molecule has 1 nitrogen and oxygen atoms in total. The van der Waals surface area contributed by atoms with Gasteiger partial charge in [0.05, 0.1) is 0 Å². The van der Waals surface area contributed by atoms with Crippen molar-refractivity contribution in [3.63, 3.8) is 0 Å². The van der Waals surface area contributed by atoms with E-state index in [0.29, 0.717) is 5.54 Å². The fourth-order valence-electron chi connectivity index (χ4n) is 1.68. The van der Waals surface area contributed by atoms with Gasteiger partial charge in [-0.25, -0.2) is 0 Å². The topological polar surface area (TPSA) is 3.24 Å². The molecule has 1 fully saturated rings. The molecule has 0 radical (unpaired) electrons. The first kappa shape index (κ1) is 12.2. The molecule has 0 aliphatic carbocycles. The van der Waals surface area contributed by atoms with Crippen LogP contribution in [0.1, 0.15) is 40.5 Å². The van der Waals surface area contributed by atoms with Crippen LogP contribution in [0.15, 0.2) is 0 Å². The Hall–Kier alpha value is 0.250. The van der Waals surface area contributed by atoms with Crippen molar-refractivity contribution >= 4 is 12.4 Å². The second-order valence-electron chi connectivity index (χ2n) is 4.84. The Morgan fingerprint density at radius 3 is 1.83 bits per heavy atom. The number of rotatable bonds is 0. The third-order valence-electron chi connectivity index (χ3n) is 2.73. The molecule has 74 valence electrons. The van der Waals surface area contributed by atoms with Gasteiger partial charge in [0, 0.05) is 5.54 Å². The maximum absolute atomic E-state index is 2.59. The molecule has 0 N–H and O–H groups in total. The lowest BCUT2D eigenvalue weighted by molar-refractivity contribution is 0.0916. The smallest absolute Gasteiger partial charge is 0.0125 e. The fraction of sp³-hybridized carbons (Fsp3) is 1.00. The summed E-state index contributed by atoms with van der Waals surface area (Å²) in [6, 6.07) is 0. The van der Waals surface area contributed by atoms with Crippen LogP contribution in [0, 0.1) is 5.92 Å². The van der Waals surface area contributed by atoms with Crippen LogP contribution in [0.2, 0.25) is 0 Å². The molecule has 0 unspecified atom stereocenters. The summed E-state index contributed by atoms with van der Waals surface area (Å²) in [6.45, 7) is 11.9. The van der Waals surface area contributed by atoms with Crippen LogP contribution < -0.4 is 0 Å². The first-order valence-electron chi connectivity index (χ1n) is 4.75. The molecule has 1 aliphatic heterocycles. The second-order valence-corrected chi connectivity index (χ2v) is 4.84. The molecular weight excluding hydrogens is 170 g/mol. The lowest BCUT2D eigenvalue weighted by atomic mass is 9.95. The average Bonchev–Trinajstić information content (AvgIpc) is 1.86. The molecule has 2 heteroatoms. The van der Waals surface area contributed by atoms with Gasteiger partial charge in [-0.2, -0.15) is 0 Å². The molecule has 0 bridgehead atoms. The minimum atomic E-state index is 0. The van der Waals surface area contributed by atoms with E-state index in [2.05, 4.69) is 32.6 Å². The summed E-state index contributed by atoms with van der Waals surface area (Å²) in [5.41, 5.74) is 0.389. The van der Waals surface area contributed by atoms with Gasteiger partial charge >= 0.3 is 0 Å². The Bertz CT molecular complexity index is 120. The molecule has 1 rings (SSSR count). The maximum Gasteiger partial charge on any atom is 0.0125 e. The quantitative estimate of drug-likeness (QED) is 0.569. The van der Waals surface area contributed by atoms with E-state index in [4.69, 9.17) is 0 Å². The van der Waals surface area contributed by atoms with Crippen molar-refractivity contribution in [3.8, 4) is 0 Å². The number of hydrogen-bond donors (Lipinski definition) is 0. The normalized spacial score (nSPS) is 22.0. The Morgan fingerprint density at radius 2 is 1.50 bits per heavy atom. The van der Waals surface area contributed by atoms with Crippen LogP contribution in [0.25, 0.3) is 0 Å². The van der Waals surface area contributed by atoms with Crippen molar-refractivity contribution in [2.45, 2.75) is 46.1 Å². The Balaban J connectivity index is 0.00000121. The van der Waals surface area contributed by atoms with Gasteiger partial charge in [-0.05, 0) is 52.6 Å². The third-order valence-corrected chi connectivity index (χ3v) is 2.73. The van der Waals surface area contributed by atoms with Gasteiger partial charge in [0.2, 0.25) is 0 Å². The van der Waals surface area contributed by atoms with Gasteiger partial charge in [0.1, 0.15) is 0 Å². The standard InChI is InChI=1S/C10H21N.ClH/c1-9-5-7-11(8-6-9)10(2,3)4;/h9H,5-8H2,1-4H3;1H. The molecule has 0 aromatic carbocycles. The van der Waals surface area contributed by atoms with Crippen LogP contribution in [0.3, 0.4) is 0 Å². The summed E-state index contributed by atoms with van der Waals surface area (Å²) in [5.74, 6) is 0.952. The van der Waals surface area contributed by atoms with E-state index in [-0.39, 0.29) is 12.4 Å². The second kappa shape index (κ2) is 4.48. The van der Waals surface area contributed by atoms with Crippen molar-refractivity contribution < 1.29 is 0 Å². The molecule has 0 aromatic heterocycles. The first-order valence-corrected chi connectivity index (χ1v) is 4.75. The number of likely N-dealkylation sites (tertiary alicyclic amines) is 1. The lowest BCUT2D eigenvalue weighted by Gasteiger charge is -2.40. The monoisotopic (exact) mass is 191 g/mol. The number of nitrogens with zero attached hydrogens (tertiary/aromatic N) is 1. The third kappa shape index (κ3) is 3.32. The number of piperidine rings is 1. The van der Waals surface area contributed by atoms with E-state index >= 15 is 0 Å². The number of halogens is 1. The van der Waals surface area contributed by atoms with E-state index in [1.165, 1.54) is 25.9 Å². The SMILES string of the molecule is CC1CCN(C(C)(C)C)CC1.Cl. The van der Waals surface area contributed by atoms with Crippen molar-refractivity contribution in [2.75, 3.05) is 13.1 Å². The van der Waals surface area contributed by atoms with Crippen molar-refractivity contribution in [3.05, 3.63) is 0 Å². The van der Waals surface area contributed by atoms with E-state index in [9.17, 15) is 0 Å². The number of hydrogen-bond acceptors (Lipinski definition) is 1. The summed E-state index contributed by atoms with van der Waals surface area (Å²) in [6.07, 6.45) is 2.77. The van der Waals surface area contributed by atoms with E-state index in [0.717, 1.165) is 5.92 Å². The van der Waals surface area contributed by atoms with Crippen LogP contribution >= 0.6 is 12.4 Å². The molecule has 0 saturated carbocycles. The predicted molar refractivity (Wildman–Crippen MR) is 57.0 cm³/mol. The predicted octanol–water partition coefficient (Wildman–Crippen LogP) is 2.94. The van der Waals surface area contributed by atoms with Gasteiger partial charge in [-0.15, -0.1) is 12.4 Å². The van der Waals surface area contributed by atoms with Gasteiger partial charge in [-0.1, -0.05) is 6.92 Å². The Labute approximate surface area is 82.9 Å². The molecule has 1 saturated heterocycles. The minimum Gasteiger partial charge on any atom is -0.298 e. The fourth-order valence-corrected chi connectivity index (χ4v) is 1.68. The van der Waals surface area contributed by atoms with Crippen LogP contribution in [0.4, 0.5) is 0 Å². The summed E-state index contributed by atoms with van der Waals surface area (Å²) in [5, 5.41) is 0. The molecule has 0 atom stereocenters. The highest BCUT2D eigenvalue weighted by Crippen LogP contribution is 2.22. The molecule has 1 aliphatic rings. The van der Waals surface area contributed by atoms with Gasteiger partial charge < -0.3 is 0 Å². The molecule has 0 aromatic rings.